The van der Waals surface area contributed by atoms with E-state index in [4.69, 9.17) is 4.74 Å². The fourth-order valence-electron chi connectivity index (χ4n) is 4.07. The zero-order chi connectivity index (χ0) is 19.9. The number of H-pyrrole nitrogens is 1. The summed E-state index contributed by atoms with van der Waals surface area (Å²) < 4.78 is 33.2. The van der Waals surface area contributed by atoms with Crippen LogP contribution in [0.3, 0.4) is 0 Å². The normalized spacial score (nSPS) is 16.5. The second-order valence-corrected chi connectivity index (χ2v) is 9.35. The summed E-state index contributed by atoms with van der Waals surface area (Å²) in [6.07, 6.45) is 1.51. The van der Waals surface area contributed by atoms with Crippen molar-refractivity contribution in [2.45, 2.75) is 37.5 Å². The number of nitrogens with zero attached hydrogens (tertiary/aromatic N) is 2. The lowest BCUT2D eigenvalue weighted by Gasteiger charge is -2.30. The molecule has 1 aromatic heterocycles. The monoisotopic (exact) mass is 399 g/mol. The van der Waals surface area contributed by atoms with E-state index in [-0.39, 0.29) is 5.92 Å². The van der Waals surface area contributed by atoms with Crippen LogP contribution in [0.5, 0.6) is 5.75 Å². The molecule has 2 heterocycles. The zero-order valence-electron chi connectivity index (χ0n) is 16.4. The van der Waals surface area contributed by atoms with Crippen LogP contribution in [0.1, 0.15) is 35.7 Å². The maximum Gasteiger partial charge on any atom is 0.243 e. The minimum absolute atomic E-state index is 0.248. The fraction of sp³-hybridized carbons (Fsp3) is 0.381. The number of piperidine rings is 1. The Hall–Kier alpha value is -2.38. The average molecular weight is 400 g/mol. The number of benzene rings is 2. The van der Waals surface area contributed by atoms with Crippen LogP contribution in [0, 0.1) is 13.8 Å². The van der Waals surface area contributed by atoms with E-state index in [9.17, 15) is 8.42 Å². The second-order valence-electron chi connectivity index (χ2n) is 7.41. The lowest BCUT2D eigenvalue weighted by Crippen LogP contribution is -2.38. The first-order valence-electron chi connectivity index (χ1n) is 9.50. The van der Waals surface area contributed by atoms with Crippen molar-refractivity contribution >= 4 is 21.1 Å². The molecule has 0 radical (unpaired) electrons. The summed E-state index contributed by atoms with van der Waals surface area (Å²) in [5, 5.41) is 0. The van der Waals surface area contributed by atoms with Gasteiger partial charge in [0, 0.05) is 19.0 Å². The summed E-state index contributed by atoms with van der Waals surface area (Å²) in [6, 6.07) is 11.4. The highest BCUT2D eigenvalue weighted by molar-refractivity contribution is 7.89. The average Bonchev–Trinajstić information content (AvgIpc) is 3.12. The van der Waals surface area contributed by atoms with Crippen molar-refractivity contribution in [3.8, 4) is 5.75 Å². The van der Waals surface area contributed by atoms with E-state index in [1.165, 1.54) is 0 Å². The Bertz CT molecular complexity index is 1060. The van der Waals surface area contributed by atoms with Gasteiger partial charge in [0.25, 0.3) is 0 Å². The molecule has 3 aromatic rings. The number of rotatable bonds is 4. The first-order chi connectivity index (χ1) is 13.4. The molecule has 0 unspecified atom stereocenters. The summed E-state index contributed by atoms with van der Waals surface area (Å²) >= 11 is 0. The number of aromatic amines is 1. The van der Waals surface area contributed by atoms with Crippen LogP contribution in [0.4, 0.5) is 0 Å². The Kier molecular flexibility index (Phi) is 4.89. The maximum atomic E-state index is 13.1. The first-order valence-corrected chi connectivity index (χ1v) is 10.9. The summed E-state index contributed by atoms with van der Waals surface area (Å²) in [4.78, 5) is 8.41. The Balaban J connectivity index is 1.52. The highest BCUT2D eigenvalue weighted by Crippen LogP contribution is 2.32. The van der Waals surface area contributed by atoms with Gasteiger partial charge in [0.05, 0.1) is 23.0 Å². The lowest BCUT2D eigenvalue weighted by atomic mass is 9.97. The molecule has 2 aromatic carbocycles. The number of ether oxygens (including phenoxy) is 1. The van der Waals surface area contributed by atoms with Crippen LogP contribution in [0.25, 0.3) is 11.0 Å². The van der Waals surface area contributed by atoms with Crippen molar-refractivity contribution in [1.82, 2.24) is 14.3 Å². The molecule has 0 bridgehead atoms. The third kappa shape index (κ3) is 3.29. The molecule has 28 heavy (non-hydrogen) atoms. The largest absolute Gasteiger partial charge is 0.496 e. The fourth-order valence-corrected chi connectivity index (χ4v) is 5.71. The molecule has 0 saturated carbocycles. The van der Waals surface area contributed by atoms with Crippen molar-refractivity contribution in [3.05, 3.63) is 53.3 Å². The number of nitrogens with one attached hydrogen (secondary N) is 1. The van der Waals surface area contributed by atoms with E-state index in [0.29, 0.717) is 18.0 Å². The van der Waals surface area contributed by atoms with Crippen LogP contribution in [0.15, 0.2) is 41.3 Å². The number of hydrogen-bond donors (Lipinski definition) is 1. The molecule has 1 aliphatic heterocycles. The molecule has 0 amide bonds. The molecular weight excluding hydrogens is 374 g/mol. The SMILES string of the molecule is COc1c(C)cc(S(=O)(=O)N2CCC(c3nc4ccccc4[nH]3)CC2)cc1C. The standard InChI is InChI=1S/C21H25N3O3S/c1-14-12-17(13-15(2)20(14)27-3)28(25,26)24-10-8-16(9-11-24)21-22-18-6-4-5-7-19(18)23-21/h4-7,12-13,16H,8-11H2,1-3H3,(H,22,23). The minimum Gasteiger partial charge on any atom is -0.496 e. The van der Waals surface area contributed by atoms with E-state index in [0.717, 1.165) is 46.6 Å². The van der Waals surface area contributed by atoms with Crippen LogP contribution < -0.4 is 4.74 Å². The quantitative estimate of drug-likeness (QED) is 0.725. The van der Waals surface area contributed by atoms with Gasteiger partial charge in [0.2, 0.25) is 10.0 Å². The van der Waals surface area contributed by atoms with Crippen molar-refractivity contribution in [3.63, 3.8) is 0 Å². The third-order valence-corrected chi connectivity index (χ3v) is 7.40. The number of sulfonamides is 1. The minimum atomic E-state index is -3.52. The Morgan fingerprint density at radius 2 is 1.75 bits per heavy atom. The number of imidazole rings is 1. The molecule has 0 aliphatic carbocycles. The Morgan fingerprint density at radius 3 is 2.36 bits per heavy atom. The predicted molar refractivity (Wildman–Crippen MR) is 109 cm³/mol. The van der Waals surface area contributed by atoms with Crippen molar-refractivity contribution in [2.75, 3.05) is 20.2 Å². The van der Waals surface area contributed by atoms with Crippen molar-refractivity contribution in [1.29, 1.82) is 0 Å². The van der Waals surface area contributed by atoms with Gasteiger partial charge in [-0.1, -0.05) is 12.1 Å². The van der Waals surface area contributed by atoms with E-state index in [2.05, 4.69) is 9.97 Å². The number of para-hydroxylation sites is 2. The van der Waals surface area contributed by atoms with Crippen LogP contribution >= 0.6 is 0 Å². The zero-order valence-corrected chi connectivity index (χ0v) is 17.2. The molecule has 6 nitrogen and oxygen atoms in total. The molecule has 148 valence electrons. The molecule has 4 rings (SSSR count). The summed E-state index contributed by atoms with van der Waals surface area (Å²) in [7, 11) is -1.91. The molecular formula is C21H25N3O3S. The molecule has 1 fully saturated rings. The maximum absolute atomic E-state index is 13.1. The summed E-state index contributed by atoms with van der Waals surface area (Å²) in [5.74, 6) is 1.94. The topological polar surface area (TPSA) is 75.3 Å². The summed E-state index contributed by atoms with van der Waals surface area (Å²) in [6.45, 7) is 4.74. The summed E-state index contributed by atoms with van der Waals surface area (Å²) in [5.41, 5.74) is 3.64. The predicted octanol–water partition coefficient (Wildman–Crippen LogP) is 3.76. The smallest absolute Gasteiger partial charge is 0.243 e. The highest BCUT2D eigenvalue weighted by atomic mass is 32.2. The molecule has 0 atom stereocenters. The molecule has 1 aliphatic rings. The van der Waals surface area contributed by atoms with E-state index >= 15 is 0 Å². The van der Waals surface area contributed by atoms with Gasteiger partial charge in [-0.2, -0.15) is 4.31 Å². The van der Waals surface area contributed by atoms with Gasteiger partial charge in [0.15, 0.2) is 0 Å². The molecule has 1 saturated heterocycles. The number of methoxy groups -OCH3 is 1. The molecule has 1 N–H and O–H groups in total. The Labute approximate surface area is 165 Å². The molecule has 7 heteroatoms. The Morgan fingerprint density at radius 1 is 1.11 bits per heavy atom. The lowest BCUT2D eigenvalue weighted by molar-refractivity contribution is 0.314. The van der Waals surface area contributed by atoms with Crippen molar-refractivity contribution < 1.29 is 13.2 Å². The third-order valence-electron chi connectivity index (χ3n) is 5.52. The van der Waals surface area contributed by atoms with E-state index in [1.807, 2.05) is 38.1 Å². The van der Waals surface area contributed by atoms with E-state index in [1.54, 1.807) is 23.5 Å². The number of aromatic nitrogens is 2. The number of hydrogen-bond acceptors (Lipinski definition) is 4. The highest BCUT2D eigenvalue weighted by Gasteiger charge is 2.31. The van der Waals surface area contributed by atoms with Gasteiger partial charge >= 0.3 is 0 Å². The van der Waals surface area contributed by atoms with Crippen LogP contribution in [0.2, 0.25) is 0 Å². The van der Waals surface area contributed by atoms with Crippen LogP contribution in [-0.2, 0) is 10.0 Å². The van der Waals surface area contributed by atoms with Gasteiger partial charge in [-0.15, -0.1) is 0 Å². The van der Waals surface area contributed by atoms with Crippen LogP contribution in [-0.4, -0.2) is 42.9 Å². The second kappa shape index (κ2) is 7.22. The first kappa shape index (κ1) is 19.0. The van der Waals surface area contributed by atoms with Gasteiger partial charge in [-0.3, -0.25) is 0 Å². The van der Waals surface area contributed by atoms with Gasteiger partial charge in [-0.25, -0.2) is 13.4 Å². The number of aryl methyl sites for hydroxylation is 2. The van der Waals surface area contributed by atoms with E-state index < -0.39 is 10.0 Å². The van der Waals surface area contributed by atoms with Gasteiger partial charge in [-0.05, 0) is 62.1 Å². The molecule has 0 spiro atoms. The van der Waals surface area contributed by atoms with Gasteiger partial charge in [0.1, 0.15) is 11.6 Å². The number of fused-ring (bicyclic) bond motifs is 1. The van der Waals surface area contributed by atoms with Crippen molar-refractivity contribution in [2.24, 2.45) is 0 Å². The van der Waals surface area contributed by atoms with Gasteiger partial charge < -0.3 is 9.72 Å².